The Labute approximate surface area is 200 Å². The molecule has 35 heavy (non-hydrogen) atoms. The summed E-state index contributed by atoms with van der Waals surface area (Å²) in [5.41, 5.74) is 0.552. The van der Waals surface area contributed by atoms with Crippen molar-refractivity contribution in [2.45, 2.75) is 11.1 Å². The zero-order valence-corrected chi connectivity index (χ0v) is 19.2. The molecule has 6 nitrogen and oxygen atoms in total. The van der Waals surface area contributed by atoms with Gasteiger partial charge in [-0.3, -0.25) is 4.79 Å². The standard InChI is InChI=1S/C25H20F3N3O3S/c26-25(27,28)20-11-9-18(10-12-20)21-6-2-3-7-22(21)24(32)30-13-15-31(16-14-30)35(33,34)23-8-4-1-5-19(23)17-29/h1-12H,13-16H2. The van der Waals surface area contributed by atoms with Crippen LogP contribution in [0.15, 0.2) is 77.7 Å². The normalized spacial score (nSPS) is 15.0. The quantitative estimate of drug-likeness (QED) is 0.533. The molecule has 1 aliphatic heterocycles. The molecule has 3 aromatic carbocycles. The van der Waals surface area contributed by atoms with Crippen LogP contribution in [0.1, 0.15) is 21.5 Å². The van der Waals surface area contributed by atoms with Crippen molar-refractivity contribution in [2.24, 2.45) is 0 Å². The Morgan fingerprint density at radius 3 is 2.09 bits per heavy atom. The van der Waals surface area contributed by atoms with E-state index in [1.54, 1.807) is 36.4 Å². The minimum Gasteiger partial charge on any atom is -0.336 e. The first-order valence-electron chi connectivity index (χ1n) is 10.7. The van der Waals surface area contributed by atoms with Crippen molar-refractivity contribution in [1.82, 2.24) is 9.21 Å². The lowest BCUT2D eigenvalue weighted by molar-refractivity contribution is -0.137. The molecule has 1 aliphatic rings. The average molecular weight is 500 g/mol. The number of carbonyl (C=O) groups excluding carboxylic acids is 1. The van der Waals surface area contributed by atoms with E-state index in [0.717, 1.165) is 12.1 Å². The van der Waals surface area contributed by atoms with Crippen molar-refractivity contribution < 1.29 is 26.4 Å². The van der Waals surface area contributed by atoms with Gasteiger partial charge < -0.3 is 4.90 Å². The summed E-state index contributed by atoms with van der Waals surface area (Å²) in [5, 5.41) is 9.25. The van der Waals surface area contributed by atoms with Crippen molar-refractivity contribution in [3.63, 3.8) is 0 Å². The average Bonchev–Trinajstić information content (AvgIpc) is 2.88. The van der Waals surface area contributed by atoms with Gasteiger partial charge >= 0.3 is 6.18 Å². The van der Waals surface area contributed by atoms with Gasteiger partial charge in [-0.1, -0.05) is 42.5 Å². The number of piperazine rings is 1. The first-order chi connectivity index (χ1) is 16.6. The highest BCUT2D eigenvalue weighted by Crippen LogP contribution is 2.32. The summed E-state index contributed by atoms with van der Waals surface area (Å²) < 4.78 is 66.1. The summed E-state index contributed by atoms with van der Waals surface area (Å²) in [6.07, 6.45) is -4.46. The van der Waals surface area contributed by atoms with Crippen molar-refractivity contribution >= 4 is 15.9 Å². The van der Waals surface area contributed by atoms with Crippen LogP contribution in [0.3, 0.4) is 0 Å². The highest BCUT2D eigenvalue weighted by molar-refractivity contribution is 7.89. The Morgan fingerprint density at radius 2 is 1.46 bits per heavy atom. The molecule has 0 aliphatic carbocycles. The summed E-state index contributed by atoms with van der Waals surface area (Å²) >= 11 is 0. The topological polar surface area (TPSA) is 81.5 Å². The third-order valence-electron chi connectivity index (χ3n) is 5.83. The molecular weight excluding hydrogens is 479 g/mol. The highest BCUT2D eigenvalue weighted by Gasteiger charge is 2.33. The maximum absolute atomic E-state index is 13.3. The molecule has 0 aromatic heterocycles. The van der Waals surface area contributed by atoms with E-state index in [0.29, 0.717) is 16.7 Å². The number of nitriles is 1. The van der Waals surface area contributed by atoms with E-state index >= 15 is 0 Å². The van der Waals surface area contributed by atoms with Crippen molar-refractivity contribution in [3.8, 4) is 17.2 Å². The molecule has 10 heteroatoms. The number of halogens is 3. The van der Waals surface area contributed by atoms with Crippen molar-refractivity contribution in [2.75, 3.05) is 26.2 Å². The van der Waals surface area contributed by atoms with Gasteiger partial charge in [-0.05, 0) is 41.5 Å². The molecule has 1 heterocycles. The molecule has 1 amide bonds. The number of hydrogen-bond acceptors (Lipinski definition) is 4. The smallest absolute Gasteiger partial charge is 0.336 e. The van der Waals surface area contributed by atoms with Gasteiger partial charge in [-0.15, -0.1) is 0 Å². The van der Waals surface area contributed by atoms with Gasteiger partial charge in [0.05, 0.1) is 16.0 Å². The SMILES string of the molecule is N#Cc1ccccc1S(=O)(=O)N1CCN(C(=O)c2ccccc2-c2ccc(C(F)(F)F)cc2)CC1. The van der Waals surface area contributed by atoms with Gasteiger partial charge in [0, 0.05) is 31.7 Å². The fourth-order valence-corrected chi connectivity index (χ4v) is 5.55. The van der Waals surface area contributed by atoms with Crippen LogP contribution in [0.2, 0.25) is 0 Å². The summed E-state index contributed by atoms with van der Waals surface area (Å²) in [7, 11) is -3.90. The van der Waals surface area contributed by atoms with E-state index in [1.807, 2.05) is 6.07 Å². The molecule has 0 atom stereocenters. The molecule has 0 bridgehead atoms. The van der Waals surface area contributed by atoms with Crippen LogP contribution in [0.25, 0.3) is 11.1 Å². The van der Waals surface area contributed by atoms with Crippen LogP contribution in [0.4, 0.5) is 13.2 Å². The number of rotatable bonds is 4. The number of nitrogens with zero attached hydrogens (tertiary/aromatic N) is 3. The van der Waals surface area contributed by atoms with Crippen LogP contribution in [-0.2, 0) is 16.2 Å². The summed E-state index contributed by atoms with van der Waals surface area (Å²) in [5.74, 6) is -0.338. The first-order valence-corrected chi connectivity index (χ1v) is 12.1. The lowest BCUT2D eigenvalue weighted by Crippen LogP contribution is -2.50. The van der Waals surface area contributed by atoms with E-state index in [-0.39, 0.29) is 42.5 Å². The molecule has 0 radical (unpaired) electrons. The number of carbonyl (C=O) groups is 1. The van der Waals surface area contributed by atoms with Gasteiger partial charge in [0.1, 0.15) is 6.07 Å². The van der Waals surface area contributed by atoms with E-state index in [9.17, 15) is 31.6 Å². The maximum atomic E-state index is 13.3. The highest BCUT2D eigenvalue weighted by atomic mass is 32.2. The molecule has 0 unspecified atom stereocenters. The van der Waals surface area contributed by atoms with E-state index in [2.05, 4.69) is 0 Å². The first kappa shape index (κ1) is 24.4. The third kappa shape index (κ3) is 4.92. The molecule has 1 saturated heterocycles. The summed E-state index contributed by atoms with van der Waals surface area (Å²) in [6.45, 7) is 0.370. The fraction of sp³-hybridized carbons (Fsp3) is 0.200. The number of benzene rings is 3. The summed E-state index contributed by atoms with van der Waals surface area (Å²) in [4.78, 5) is 14.7. The molecule has 0 spiro atoms. The Bertz CT molecular complexity index is 1390. The van der Waals surface area contributed by atoms with Gasteiger partial charge in [-0.25, -0.2) is 8.42 Å². The zero-order chi connectivity index (χ0) is 25.2. The second-order valence-electron chi connectivity index (χ2n) is 7.92. The minimum absolute atomic E-state index is 0.0519. The van der Waals surface area contributed by atoms with Crippen molar-refractivity contribution in [3.05, 3.63) is 89.5 Å². The third-order valence-corrected chi connectivity index (χ3v) is 7.79. The van der Waals surface area contributed by atoms with Gasteiger partial charge in [0.25, 0.3) is 5.91 Å². The van der Waals surface area contributed by atoms with Crippen LogP contribution in [0, 0.1) is 11.3 Å². The van der Waals surface area contributed by atoms with Gasteiger partial charge in [-0.2, -0.15) is 22.7 Å². The van der Waals surface area contributed by atoms with Crippen LogP contribution >= 0.6 is 0 Å². The Hall–Kier alpha value is -3.68. The Kier molecular flexibility index (Phi) is 6.65. The lowest BCUT2D eigenvalue weighted by atomic mass is 9.97. The predicted molar refractivity (Wildman–Crippen MR) is 123 cm³/mol. The monoisotopic (exact) mass is 499 g/mol. The molecule has 4 rings (SSSR count). The lowest BCUT2D eigenvalue weighted by Gasteiger charge is -2.34. The zero-order valence-electron chi connectivity index (χ0n) is 18.4. The second kappa shape index (κ2) is 9.52. The number of hydrogen-bond donors (Lipinski definition) is 0. The fourth-order valence-electron chi connectivity index (χ4n) is 3.99. The Morgan fingerprint density at radius 1 is 0.857 bits per heavy atom. The van der Waals surface area contributed by atoms with E-state index in [1.165, 1.54) is 33.5 Å². The molecule has 180 valence electrons. The van der Waals surface area contributed by atoms with Crippen LogP contribution in [-0.4, -0.2) is 49.7 Å². The van der Waals surface area contributed by atoms with Gasteiger partial charge in [0.2, 0.25) is 10.0 Å². The largest absolute Gasteiger partial charge is 0.416 e. The number of amides is 1. The Balaban J connectivity index is 1.52. The van der Waals surface area contributed by atoms with Gasteiger partial charge in [0.15, 0.2) is 0 Å². The van der Waals surface area contributed by atoms with E-state index in [4.69, 9.17) is 0 Å². The van der Waals surface area contributed by atoms with Crippen LogP contribution in [0.5, 0.6) is 0 Å². The molecule has 3 aromatic rings. The number of sulfonamides is 1. The summed E-state index contributed by atoms with van der Waals surface area (Å²) in [6, 6.07) is 19.1. The van der Waals surface area contributed by atoms with Crippen molar-refractivity contribution in [1.29, 1.82) is 5.26 Å². The molecular formula is C25H20F3N3O3S. The predicted octanol–water partition coefficient (Wildman–Crippen LogP) is 4.39. The van der Waals surface area contributed by atoms with Crippen LogP contribution < -0.4 is 0 Å². The van der Waals surface area contributed by atoms with E-state index < -0.39 is 21.8 Å². The minimum atomic E-state index is -4.46. The molecule has 1 fully saturated rings. The number of alkyl halides is 3. The molecule has 0 saturated carbocycles. The maximum Gasteiger partial charge on any atom is 0.416 e. The molecule has 0 N–H and O–H groups in total. The second-order valence-corrected chi connectivity index (χ2v) is 9.83.